The van der Waals surface area contributed by atoms with E-state index in [9.17, 15) is 4.79 Å². The van der Waals surface area contributed by atoms with Crippen molar-refractivity contribution in [2.75, 3.05) is 13.6 Å². The van der Waals surface area contributed by atoms with Crippen molar-refractivity contribution in [1.82, 2.24) is 5.32 Å². The van der Waals surface area contributed by atoms with Crippen LogP contribution in [0.15, 0.2) is 12.7 Å². The molecule has 0 amide bonds. The molecule has 0 aliphatic heterocycles. The zero-order valence-corrected chi connectivity index (χ0v) is 5.98. The molecule has 0 heterocycles. The Labute approximate surface area is 56.0 Å². The Bertz CT molecular complexity index is 109. The molecule has 1 unspecified atom stereocenters. The lowest BCUT2D eigenvalue weighted by Crippen LogP contribution is -2.21. The molecule has 2 heteroatoms. The summed E-state index contributed by atoms with van der Waals surface area (Å²) >= 11 is 0. The molecule has 0 fully saturated rings. The summed E-state index contributed by atoms with van der Waals surface area (Å²) in [6.07, 6.45) is 1.36. The van der Waals surface area contributed by atoms with Crippen molar-refractivity contribution in [3.63, 3.8) is 0 Å². The number of nitrogens with one attached hydrogen (secondary N) is 1. The minimum absolute atomic E-state index is 0.0625. The maximum absolute atomic E-state index is 10.7. The van der Waals surface area contributed by atoms with Gasteiger partial charge in [-0.15, -0.1) is 0 Å². The van der Waals surface area contributed by atoms with Crippen molar-refractivity contribution in [3.8, 4) is 0 Å². The van der Waals surface area contributed by atoms with Crippen LogP contribution in [0.2, 0.25) is 0 Å². The fourth-order valence-electron chi connectivity index (χ4n) is 0.608. The summed E-state index contributed by atoms with van der Waals surface area (Å²) in [5, 5.41) is 2.91. The Kier molecular flexibility index (Phi) is 3.97. The molecule has 1 atom stereocenters. The van der Waals surface area contributed by atoms with Gasteiger partial charge in [0.05, 0.1) is 0 Å². The third-order valence-corrected chi connectivity index (χ3v) is 1.20. The Hall–Kier alpha value is -0.630. The average Bonchev–Trinajstić information content (AvgIpc) is 1.87. The molecule has 0 aromatic rings. The molecule has 52 valence electrons. The Morgan fingerprint density at radius 3 is 2.78 bits per heavy atom. The summed E-state index contributed by atoms with van der Waals surface area (Å²) in [6.45, 7) is 5.99. The highest BCUT2D eigenvalue weighted by Gasteiger charge is 2.05. The van der Waals surface area contributed by atoms with Crippen LogP contribution in [0.1, 0.15) is 6.92 Å². The number of ketones is 1. The van der Waals surface area contributed by atoms with E-state index < -0.39 is 0 Å². The van der Waals surface area contributed by atoms with Crippen molar-refractivity contribution >= 4 is 5.78 Å². The molecular formula is C7H13NO. The third kappa shape index (κ3) is 3.03. The molecule has 0 spiro atoms. The predicted octanol–water partition coefficient (Wildman–Crippen LogP) is 0.597. The monoisotopic (exact) mass is 127 g/mol. The first-order chi connectivity index (χ1) is 4.22. The summed E-state index contributed by atoms with van der Waals surface area (Å²) in [6, 6.07) is 0. The number of carbonyl (C=O) groups excluding carboxylic acids is 1. The van der Waals surface area contributed by atoms with Crippen LogP contribution in [-0.4, -0.2) is 19.4 Å². The van der Waals surface area contributed by atoms with Gasteiger partial charge in [-0.2, -0.15) is 0 Å². The van der Waals surface area contributed by atoms with Gasteiger partial charge in [-0.25, -0.2) is 0 Å². The lowest BCUT2D eigenvalue weighted by Gasteiger charge is -2.04. The molecule has 0 saturated heterocycles. The second-order valence-corrected chi connectivity index (χ2v) is 2.07. The summed E-state index contributed by atoms with van der Waals surface area (Å²) < 4.78 is 0. The van der Waals surface area contributed by atoms with E-state index >= 15 is 0 Å². The van der Waals surface area contributed by atoms with Crippen LogP contribution in [0.4, 0.5) is 0 Å². The fraction of sp³-hybridized carbons (Fsp3) is 0.571. The van der Waals surface area contributed by atoms with Gasteiger partial charge in [-0.3, -0.25) is 4.79 Å². The van der Waals surface area contributed by atoms with Gasteiger partial charge in [0.2, 0.25) is 0 Å². The van der Waals surface area contributed by atoms with Crippen LogP contribution in [0.3, 0.4) is 0 Å². The van der Waals surface area contributed by atoms with E-state index in [4.69, 9.17) is 0 Å². The van der Waals surface area contributed by atoms with E-state index in [0.29, 0.717) is 0 Å². The second kappa shape index (κ2) is 4.27. The number of hydrogen-bond donors (Lipinski definition) is 1. The zero-order chi connectivity index (χ0) is 7.28. The normalized spacial score (nSPS) is 12.7. The van der Waals surface area contributed by atoms with Crippen LogP contribution in [0.5, 0.6) is 0 Å². The van der Waals surface area contributed by atoms with Crippen LogP contribution in [-0.2, 0) is 4.79 Å². The molecule has 0 aliphatic carbocycles. The fourth-order valence-corrected chi connectivity index (χ4v) is 0.608. The number of rotatable bonds is 4. The standard InChI is InChI=1S/C7H13NO/c1-4-7(9)6(2)5-8-3/h4,6,8H,1,5H2,2-3H3. The quantitative estimate of drug-likeness (QED) is 0.560. The number of hydrogen-bond acceptors (Lipinski definition) is 2. The van der Waals surface area contributed by atoms with Crippen LogP contribution < -0.4 is 5.32 Å². The Balaban J connectivity index is 3.58. The van der Waals surface area contributed by atoms with E-state index in [-0.39, 0.29) is 11.7 Å². The highest BCUT2D eigenvalue weighted by Crippen LogP contribution is 1.93. The van der Waals surface area contributed by atoms with Gasteiger partial charge >= 0.3 is 0 Å². The molecule has 2 nitrogen and oxygen atoms in total. The molecule has 0 bridgehead atoms. The molecule has 0 aromatic heterocycles. The van der Waals surface area contributed by atoms with Gasteiger partial charge in [0.25, 0.3) is 0 Å². The van der Waals surface area contributed by atoms with Crippen molar-refractivity contribution in [2.24, 2.45) is 5.92 Å². The van der Waals surface area contributed by atoms with E-state index in [1.54, 1.807) is 0 Å². The predicted molar refractivity (Wildman–Crippen MR) is 38.3 cm³/mol. The topological polar surface area (TPSA) is 29.1 Å². The van der Waals surface area contributed by atoms with Crippen LogP contribution in [0.25, 0.3) is 0 Å². The largest absolute Gasteiger partial charge is 0.319 e. The third-order valence-electron chi connectivity index (χ3n) is 1.20. The maximum Gasteiger partial charge on any atom is 0.159 e. The maximum atomic E-state index is 10.7. The van der Waals surface area contributed by atoms with Gasteiger partial charge < -0.3 is 5.32 Å². The minimum Gasteiger partial charge on any atom is -0.319 e. The van der Waals surface area contributed by atoms with Gasteiger partial charge in [-0.05, 0) is 13.1 Å². The molecular weight excluding hydrogens is 114 g/mol. The zero-order valence-electron chi connectivity index (χ0n) is 5.98. The van der Waals surface area contributed by atoms with Crippen molar-refractivity contribution in [1.29, 1.82) is 0 Å². The van der Waals surface area contributed by atoms with E-state index in [0.717, 1.165) is 6.54 Å². The number of allylic oxidation sites excluding steroid dienone is 1. The highest BCUT2D eigenvalue weighted by atomic mass is 16.1. The number of carbonyl (C=O) groups is 1. The van der Waals surface area contributed by atoms with Crippen LogP contribution >= 0.6 is 0 Å². The summed E-state index contributed by atoms with van der Waals surface area (Å²) in [5.74, 6) is 0.164. The minimum atomic E-state index is 0.0625. The van der Waals surface area contributed by atoms with Gasteiger partial charge in [0.1, 0.15) is 0 Å². The highest BCUT2D eigenvalue weighted by molar-refractivity contribution is 5.91. The summed E-state index contributed by atoms with van der Waals surface area (Å²) in [7, 11) is 1.83. The van der Waals surface area contributed by atoms with Crippen molar-refractivity contribution in [2.45, 2.75) is 6.92 Å². The van der Waals surface area contributed by atoms with Crippen molar-refractivity contribution in [3.05, 3.63) is 12.7 Å². The Morgan fingerprint density at radius 2 is 2.44 bits per heavy atom. The lowest BCUT2D eigenvalue weighted by molar-refractivity contribution is -0.117. The first-order valence-electron chi connectivity index (χ1n) is 3.03. The molecule has 0 radical (unpaired) electrons. The first-order valence-corrected chi connectivity index (χ1v) is 3.03. The second-order valence-electron chi connectivity index (χ2n) is 2.07. The van der Waals surface area contributed by atoms with Crippen LogP contribution in [0, 0.1) is 5.92 Å². The van der Waals surface area contributed by atoms with Gasteiger partial charge in [-0.1, -0.05) is 13.5 Å². The molecule has 0 aromatic carbocycles. The lowest BCUT2D eigenvalue weighted by atomic mass is 10.1. The summed E-state index contributed by atoms with van der Waals surface area (Å²) in [5.41, 5.74) is 0. The van der Waals surface area contributed by atoms with Gasteiger partial charge in [0, 0.05) is 12.5 Å². The van der Waals surface area contributed by atoms with Gasteiger partial charge in [0.15, 0.2) is 5.78 Å². The van der Waals surface area contributed by atoms with Crippen molar-refractivity contribution < 1.29 is 4.79 Å². The average molecular weight is 127 g/mol. The van der Waals surface area contributed by atoms with E-state index in [2.05, 4.69) is 11.9 Å². The molecule has 9 heavy (non-hydrogen) atoms. The molecule has 0 aliphatic rings. The molecule has 0 rings (SSSR count). The summed E-state index contributed by atoms with van der Waals surface area (Å²) in [4.78, 5) is 10.7. The first kappa shape index (κ1) is 8.37. The molecule has 1 N–H and O–H groups in total. The Morgan fingerprint density at radius 1 is 1.89 bits per heavy atom. The van der Waals surface area contributed by atoms with E-state index in [1.807, 2.05) is 14.0 Å². The molecule has 0 saturated carbocycles. The smallest absolute Gasteiger partial charge is 0.159 e. The van der Waals surface area contributed by atoms with E-state index in [1.165, 1.54) is 6.08 Å². The SMILES string of the molecule is C=CC(=O)C(C)CNC.